The summed E-state index contributed by atoms with van der Waals surface area (Å²) in [4.78, 5) is 0. The second kappa shape index (κ2) is 5.88. The molecule has 6 heteroatoms. The zero-order chi connectivity index (χ0) is 14.7. The van der Waals surface area contributed by atoms with E-state index in [-0.39, 0.29) is 29.3 Å². The first-order chi connectivity index (χ1) is 9.47. The summed E-state index contributed by atoms with van der Waals surface area (Å²) in [6.45, 7) is -0.150. The van der Waals surface area contributed by atoms with Crippen molar-refractivity contribution >= 4 is 17.4 Å². The fraction of sp³-hybridized carbons (Fsp3) is 0.0714. The average Bonchev–Trinajstić information content (AvgIpc) is 2.40. The van der Waals surface area contributed by atoms with Gasteiger partial charge in [0, 0.05) is 16.1 Å². The molecule has 2 aromatic carbocycles. The lowest BCUT2D eigenvalue weighted by atomic mass is 10.2. The van der Waals surface area contributed by atoms with Gasteiger partial charge in [0.2, 0.25) is 0 Å². The third-order valence-electron chi connectivity index (χ3n) is 2.63. The van der Waals surface area contributed by atoms with Gasteiger partial charge in [0.15, 0.2) is 11.6 Å². The fourth-order valence-electron chi connectivity index (χ4n) is 1.59. The highest BCUT2D eigenvalue weighted by molar-refractivity contribution is 6.30. The van der Waals surface area contributed by atoms with Crippen molar-refractivity contribution in [1.82, 2.24) is 0 Å². The number of nitrogens with two attached hydrogens (primary N) is 1. The number of halogens is 3. The summed E-state index contributed by atoms with van der Waals surface area (Å²) in [6.07, 6.45) is 0. The molecule has 0 fully saturated rings. The van der Waals surface area contributed by atoms with Crippen molar-refractivity contribution in [2.75, 3.05) is 0 Å². The van der Waals surface area contributed by atoms with Gasteiger partial charge in [-0.1, -0.05) is 11.6 Å². The minimum absolute atomic E-state index is 0.0469. The lowest BCUT2D eigenvalue weighted by molar-refractivity contribution is 0.285. The lowest BCUT2D eigenvalue weighted by Crippen LogP contribution is -2.11. The van der Waals surface area contributed by atoms with E-state index in [0.29, 0.717) is 5.02 Å². The minimum atomic E-state index is -0.667. The Hall–Kier alpha value is -2.14. The molecule has 0 saturated carbocycles. The highest BCUT2D eigenvalue weighted by atomic mass is 35.5. The van der Waals surface area contributed by atoms with E-state index in [1.807, 2.05) is 0 Å². The second-order valence-corrected chi connectivity index (χ2v) is 4.52. The van der Waals surface area contributed by atoms with Gasteiger partial charge < -0.3 is 10.5 Å². The smallest absolute Gasteiger partial charge is 0.165 e. The van der Waals surface area contributed by atoms with Gasteiger partial charge in [0.1, 0.15) is 18.3 Å². The number of ether oxygens (including phenoxy) is 1. The van der Waals surface area contributed by atoms with Gasteiger partial charge in [0.25, 0.3) is 0 Å². The van der Waals surface area contributed by atoms with Crippen molar-refractivity contribution in [3.8, 4) is 5.75 Å². The van der Waals surface area contributed by atoms with Crippen molar-refractivity contribution < 1.29 is 13.5 Å². The van der Waals surface area contributed by atoms with Gasteiger partial charge in [-0.25, -0.2) is 8.78 Å². The molecule has 0 aromatic heterocycles. The highest BCUT2D eigenvalue weighted by Gasteiger charge is 2.09. The normalized spacial score (nSPS) is 10.3. The van der Waals surface area contributed by atoms with Crippen LogP contribution in [0, 0.1) is 17.0 Å². The van der Waals surface area contributed by atoms with Crippen LogP contribution >= 0.6 is 11.6 Å². The molecule has 0 bridgehead atoms. The zero-order valence-corrected chi connectivity index (χ0v) is 11.0. The first-order valence-corrected chi connectivity index (χ1v) is 6.06. The van der Waals surface area contributed by atoms with Crippen molar-refractivity contribution in [3.05, 3.63) is 64.2 Å². The Labute approximate surface area is 119 Å². The molecule has 0 saturated heterocycles. The van der Waals surface area contributed by atoms with Gasteiger partial charge in [0.05, 0.1) is 0 Å². The fourth-order valence-corrected chi connectivity index (χ4v) is 1.79. The Balaban J connectivity index is 2.15. The van der Waals surface area contributed by atoms with Crippen molar-refractivity contribution in [3.63, 3.8) is 0 Å². The maximum Gasteiger partial charge on any atom is 0.165 e. The summed E-state index contributed by atoms with van der Waals surface area (Å²) in [6, 6.07) is 7.94. The highest BCUT2D eigenvalue weighted by Crippen LogP contribution is 2.21. The van der Waals surface area contributed by atoms with Gasteiger partial charge >= 0.3 is 0 Å². The molecule has 0 aliphatic rings. The maximum atomic E-state index is 13.7. The number of benzene rings is 2. The second-order valence-electron chi connectivity index (χ2n) is 4.08. The third kappa shape index (κ3) is 3.24. The summed E-state index contributed by atoms with van der Waals surface area (Å²) in [7, 11) is 0. The van der Waals surface area contributed by atoms with Crippen molar-refractivity contribution in [2.45, 2.75) is 6.61 Å². The summed E-state index contributed by atoms with van der Waals surface area (Å²) >= 11 is 5.75. The third-order valence-corrected chi connectivity index (χ3v) is 2.87. The Kier molecular flexibility index (Phi) is 4.20. The van der Waals surface area contributed by atoms with Gasteiger partial charge in [-0.3, -0.25) is 5.41 Å². The zero-order valence-electron chi connectivity index (χ0n) is 10.3. The van der Waals surface area contributed by atoms with E-state index in [2.05, 4.69) is 0 Å². The number of nitrogen functional groups attached to an aromatic ring is 1. The van der Waals surface area contributed by atoms with Crippen LogP contribution in [-0.2, 0) is 6.61 Å². The standard InChI is InChI=1S/C14H11ClF2N2O/c15-10-2-3-11(16)9(5-10)7-20-13-4-1-8(14(18)19)6-12(13)17/h1-6H,7H2,(H3,18,19). The van der Waals surface area contributed by atoms with Crippen LogP contribution in [0.1, 0.15) is 11.1 Å². The number of hydrogen-bond acceptors (Lipinski definition) is 2. The van der Waals surface area contributed by atoms with Crippen LogP contribution in [-0.4, -0.2) is 5.84 Å². The van der Waals surface area contributed by atoms with E-state index < -0.39 is 11.6 Å². The molecule has 3 N–H and O–H groups in total. The predicted octanol–water partition coefficient (Wildman–Crippen LogP) is 3.48. The summed E-state index contributed by atoms with van der Waals surface area (Å²) < 4.78 is 32.4. The van der Waals surface area contributed by atoms with Gasteiger partial charge in [-0.2, -0.15) is 0 Å². The molecule has 2 rings (SSSR count). The molecule has 20 heavy (non-hydrogen) atoms. The van der Waals surface area contributed by atoms with Crippen LogP contribution in [0.2, 0.25) is 5.02 Å². The molecule has 0 radical (unpaired) electrons. The largest absolute Gasteiger partial charge is 0.486 e. The summed E-state index contributed by atoms with van der Waals surface area (Å²) in [5.74, 6) is -1.43. The summed E-state index contributed by atoms with van der Waals surface area (Å²) in [5.41, 5.74) is 5.73. The molecule has 0 unspecified atom stereocenters. The van der Waals surface area contributed by atoms with Crippen LogP contribution in [0.5, 0.6) is 5.75 Å². The Morgan fingerprint density at radius 2 is 1.90 bits per heavy atom. The van der Waals surface area contributed by atoms with E-state index in [9.17, 15) is 8.78 Å². The van der Waals surface area contributed by atoms with Crippen molar-refractivity contribution in [2.24, 2.45) is 5.73 Å². The molecular weight excluding hydrogens is 286 g/mol. The van der Waals surface area contributed by atoms with E-state index in [1.54, 1.807) is 0 Å². The van der Waals surface area contributed by atoms with Crippen LogP contribution in [0.3, 0.4) is 0 Å². The van der Waals surface area contributed by atoms with Gasteiger partial charge in [-0.05, 0) is 36.4 Å². The predicted molar refractivity (Wildman–Crippen MR) is 73.2 cm³/mol. The van der Waals surface area contributed by atoms with Gasteiger partial charge in [-0.15, -0.1) is 0 Å². The number of nitrogens with one attached hydrogen (secondary N) is 1. The molecule has 0 amide bonds. The van der Waals surface area contributed by atoms with E-state index in [0.717, 1.165) is 6.07 Å². The molecule has 0 aliphatic carbocycles. The topological polar surface area (TPSA) is 59.1 Å². The number of amidine groups is 1. The van der Waals surface area contributed by atoms with Crippen LogP contribution in [0.4, 0.5) is 8.78 Å². The average molecular weight is 297 g/mol. The Morgan fingerprint density at radius 3 is 2.55 bits per heavy atom. The molecule has 104 valence electrons. The SMILES string of the molecule is N=C(N)c1ccc(OCc2cc(Cl)ccc2F)c(F)c1. The van der Waals surface area contributed by atoms with Crippen LogP contribution < -0.4 is 10.5 Å². The molecule has 2 aromatic rings. The molecule has 0 heterocycles. The molecule has 0 spiro atoms. The minimum Gasteiger partial charge on any atom is -0.486 e. The molecule has 3 nitrogen and oxygen atoms in total. The Morgan fingerprint density at radius 1 is 1.15 bits per heavy atom. The number of hydrogen-bond donors (Lipinski definition) is 2. The first kappa shape index (κ1) is 14.3. The van der Waals surface area contributed by atoms with E-state index in [4.69, 9.17) is 27.5 Å². The van der Waals surface area contributed by atoms with Crippen LogP contribution in [0.25, 0.3) is 0 Å². The van der Waals surface area contributed by atoms with Crippen molar-refractivity contribution in [1.29, 1.82) is 5.41 Å². The van der Waals surface area contributed by atoms with E-state index in [1.165, 1.54) is 30.3 Å². The summed E-state index contributed by atoms with van der Waals surface area (Å²) in [5, 5.41) is 7.57. The van der Waals surface area contributed by atoms with Crippen LogP contribution in [0.15, 0.2) is 36.4 Å². The molecule has 0 atom stereocenters. The quantitative estimate of drug-likeness (QED) is 0.670. The maximum absolute atomic E-state index is 13.7. The monoisotopic (exact) mass is 296 g/mol. The van der Waals surface area contributed by atoms with E-state index >= 15 is 0 Å². The molecular formula is C14H11ClF2N2O. The lowest BCUT2D eigenvalue weighted by Gasteiger charge is -2.09. The number of rotatable bonds is 4. The Bertz CT molecular complexity index is 662. The molecule has 0 aliphatic heterocycles. The first-order valence-electron chi connectivity index (χ1n) is 5.68.